The number of rotatable bonds is 6. The number of para-hydroxylation sites is 1. The highest BCUT2D eigenvalue weighted by atomic mass is 35.5. The molecule has 218 valence electrons. The summed E-state index contributed by atoms with van der Waals surface area (Å²) in [4.78, 5) is 50.4. The molecule has 3 aliphatic rings. The lowest BCUT2D eigenvalue weighted by Gasteiger charge is -2.46. The molecule has 0 bridgehead atoms. The Labute approximate surface area is 244 Å². The van der Waals surface area contributed by atoms with Crippen LogP contribution in [0.4, 0.5) is 18.9 Å². The Morgan fingerprint density at radius 3 is 2.48 bits per heavy atom. The van der Waals surface area contributed by atoms with E-state index in [4.69, 9.17) is 11.6 Å². The third kappa shape index (κ3) is 4.99. The van der Waals surface area contributed by atoms with Gasteiger partial charge in [0, 0.05) is 37.6 Å². The summed E-state index contributed by atoms with van der Waals surface area (Å²) >= 11 is 5.89. The van der Waals surface area contributed by atoms with Gasteiger partial charge < -0.3 is 15.1 Å². The van der Waals surface area contributed by atoms with Crippen molar-refractivity contribution in [1.82, 2.24) is 20.2 Å². The number of benzene rings is 1. The third-order valence-electron chi connectivity index (χ3n) is 8.48. The fourth-order valence-electron chi connectivity index (χ4n) is 6.31. The highest BCUT2D eigenvalue weighted by molar-refractivity contribution is 6.30. The number of carbonyl (C=O) groups is 3. The molecule has 6 rings (SSSR count). The van der Waals surface area contributed by atoms with Crippen molar-refractivity contribution < 1.29 is 27.6 Å². The van der Waals surface area contributed by atoms with Gasteiger partial charge in [-0.25, -0.2) is 18.2 Å². The molecule has 0 atom stereocenters. The molecule has 12 heteroatoms. The zero-order chi connectivity index (χ0) is 29.6. The van der Waals surface area contributed by atoms with Gasteiger partial charge in [0.05, 0.1) is 16.8 Å². The normalized spacial score (nSPS) is 20.9. The van der Waals surface area contributed by atoms with Gasteiger partial charge in [0.15, 0.2) is 0 Å². The number of fused-ring (bicyclic) bond motifs is 2. The molecule has 1 N–H and O–H groups in total. The second-order valence-electron chi connectivity index (χ2n) is 11.1. The molecule has 4 heterocycles. The minimum atomic E-state index is -2.90. The Morgan fingerprint density at radius 1 is 1.05 bits per heavy atom. The molecule has 42 heavy (non-hydrogen) atoms. The van der Waals surface area contributed by atoms with E-state index in [-0.39, 0.29) is 53.1 Å². The lowest BCUT2D eigenvalue weighted by molar-refractivity contribution is -0.128. The number of hydrogen-bond acceptors (Lipinski definition) is 5. The van der Waals surface area contributed by atoms with Crippen molar-refractivity contribution in [2.45, 2.75) is 43.6 Å². The first-order valence-electron chi connectivity index (χ1n) is 13.7. The van der Waals surface area contributed by atoms with Crippen LogP contribution < -0.4 is 10.2 Å². The van der Waals surface area contributed by atoms with E-state index in [1.54, 1.807) is 4.90 Å². The maximum Gasteiger partial charge on any atom is 0.281 e. The third-order valence-corrected chi connectivity index (χ3v) is 8.69. The summed E-state index contributed by atoms with van der Waals surface area (Å²) in [5.41, 5.74) is 0.186. The SMILES string of the molecule is O=C(NC1CCC(CN2C(=O)C3(CN(C(=O)c4ccc(F)cn4)C3)c3ccccc32)CC1)c1cc(Cl)cnc1C(F)F. The average molecular weight is 598 g/mol. The molecule has 2 aliphatic heterocycles. The van der Waals surface area contributed by atoms with Gasteiger partial charge in [-0.15, -0.1) is 0 Å². The van der Waals surface area contributed by atoms with Crippen molar-refractivity contribution in [3.05, 3.63) is 88.2 Å². The van der Waals surface area contributed by atoms with Gasteiger partial charge in [-0.05, 0) is 61.4 Å². The van der Waals surface area contributed by atoms with Gasteiger partial charge in [0.25, 0.3) is 18.2 Å². The van der Waals surface area contributed by atoms with Crippen molar-refractivity contribution in [3.8, 4) is 0 Å². The van der Waals surface area contributed by atoms with Crippen LogP contribution in [0.1, 0.15) is 64.2 Å². The summed E-state index contributed by atoms with van der Waals surface area (Å²) in [6, 6.07) is 11.1. The topological polar surface area (TPSA) is 95.5 Å². The Morgan fingerprint density at radius 2 is 1.79 bits per heavy atom. The van der Waals surface area contributed by atoms with Gasteiger partial charge in [0.1, 0.15) is 22.6 Å². The van der Waals surface area contributed by atoms with Crippen molar-refractivity contribution in [2.75, 3.05) is 24.5 Å². The molecular weight excluding hydrogens is 571 g/mol. The fraction of sp³-hybridized carbons (Fsp3) is 0.367. The van der Waals surface area contributed by atoms with E-state index in [2.05, 4.69) is 15.3 Å². The summed E-state index contributed by atoms with van der Waals surface area (Å²) in [5, 5.41) is 2.95. The Balaban J connectivity index is 1.09. The number of carbonyl (C=O) groups excluding carboxylic acids is 3. The molecule has 1 saturated carbocycles. The zero-order valence-electron chi connectivity index (χ0n) is 22.4. The van der Waals surface area contributed by atoms with E-state index < -0.39 is 29.3 Å². The number of nitrogens with one attached hydrogen (secondary N) is 1. The first-order chi connectivity index (χ1) is 20.2. The lowest BCUT2D eigenvalue weighted by atomic mass is 9.74. The van der Waals surface area contributed by atoms with E-state index in [1.165, 1.54) is 18.2 Å². The van der Waals surface area contributed by atoms with Crippen LogP contribution in [0.5, 0.6) is 0 Å². The number of halogens is 4. The van der Waals surface area contributed by atoms with E-state index in [9.17, 15) is 27.6 Å². The summed E-state index contributed by atoms with van der Waals surface area (Å²) < 4.78 is 40.0. The molecule has 8 nitrogen and oxygen atoms in total. The number of likely N-dealkylation sites (tertiary alicyclic amines) is 1. The lowest BCUT2D eigenvalue weighted by Crippen LogP contribution is -2.65. The largest absolute Gasteiger partial charge is 0.349 e. The molecule has 2 fully saturated rings. The molecule has 0 unspecified atom stereocenters. The summed E-state index contributed by atoms with van der Waals surface area (Å²) in [7, 11) is 0. The second kappa shape index (κ2) is 11.0. The van der Waals surface area contributed by atoms with Crippen molar-refractivity contribution >= 4 is 35.0 Å². The molecule has 1 spiro atoms. The summed E-state index contributed by atoms with van der Waals surface area (Å²) in [5.74, 6) is -1.38. The second-order valence-corrected chi connectivity index (χ2v) is 11.6. The monoisotopic (exact) mass is 597 g/mol. The predicted molar refractivity (Wildman–Crippen MR) is 148 cm³/mol. The highest BCUT2D eigenvalue weighted by Crippen LogP contribution is 2.48. The molecule has 0 radical (unpaired) electrons. The maximum atomic E-state index is 13.9. The van der Waals surface area contributed by atoms with Crippen LogP contribution in [0.15, 0.2) is 54.9 Å². The Hall–Kier alpha value is -3.99. The number of alkyl halides is 2. The standard InChI is InChI=1S/C30H27ClF3N5O3/c31-18-11-21(25(26(33)34)36-12-18)27(40)37-20-8-5-17(6-9-20)14-39-24-4-2-1-3-22(24)30(29(39)42)15-38(16-30)28(41)23-10-7-19(32)13-35-23/h1-4,7,10-13,17,20,26H,5-6,8-9,14-16H2,(H,37,40). The number of hydrogen-bond donors (Lipinski definition) is 1. The molecule has 3 amide bonds. The quantitative estimate of drug-likeness (QED) is 0.435. The van der Waals surface area contributed by atoms with Gasteiger partial charge in [-0.1, -0.05) is 29.8 Å². The van der Waals surface area contributed by atoms with Crippen LogP contribution in [-0.2, 0) is 10.2 Å². The van der Waals surface area contributed by atoms with Crippen LogP contribution in [0.2, 0.25) is 5.02 Å². The Bertz CT molecular complexity index is 1540. The van der Waals surface area contributed by atoms with E-state index >= 15 is 0 Å². The van der Waals surface area contributed by atoms with Crippen LogP contribution in [-0.4, -0.2) is 58.3 Å². The first-order valence-corrected chi connectivity index (χ1v) is 14.1. The molecule has 2 aromatic heterocycles. The molecule has 1 saturated heterocycles. The van der Waals surface area contributed by atoms with Crippen LogP contribution in [0, 0.1) is 11.7 Å². The average Bonchev–Trinajstić information content (AvgIpc) is 3.20. The highest BCUT2D eigenvalue weighted by Gasteiger charge is 2.59. The minimum absolute atomic E-state index is 0.0526. The molecular formula is C30H27ClF3N5O3. The number of pyridine rings is 2. The smallest absolute Gasteiger partial charge is 0.281 e. The summed E-state index contributed by atoms with van der Waals surface area (Å²) in [6.45, 7) is 0.934. The summed E-state index contributed by atoms with van der Waals surface area (Å²) in [6.07, 6.45) is 1.93. The van der Waals surface area contributed by atoms with Gasteiger partial charge in [-0.2, -0.15) is 0 Å². The van der Waals surface area contributed by atoms with Crippen molar-refractivity contribution in [2.24, 2.45) is 5.92 Å². The van der Waals surface area contributed by atoms with Crippen LogP contribution in [0.25, 0.3) is 0 Å². The minimum Gasteiger partial charge on any atom is -0.349 e. The van der Waals surface area contributed by atoms with Gasteiger partial charge in [0.2, 0.25) is 5.91 Å². The first kappa shape index (κ1) is 28.1. The van der Waals surface area contributed by atoms with E-state index in [0.29, 0.717) is 19.4 Å². The fourth-order valence-corrected chi connectivity index (χ4v) is 6.47. The number of nitrogens with zero attached hydrogens (tertiary/aromatic N) is 4. The van der Waals surface area contributed by atoms with E-state index in [0.717, 1.165) is 36.5 Å². The Kier molecular flexibility index (Phi) is 7.38. The maximum absolute atomic E-state index is 13.9. The molecule has 3 aromatic rings. The zero-order valence-corrected chi connectivity index (χ0v) is 23.2. The van der Waals surface area contributed by atoms with Crippen LogP contribution >= 0.6 is 11.6 Å². The van der Waals surface area contributed by atoms with E-state index in [1.807, 2.05) is 29.2 Å². The molecule has 1 aromatic carbocycles. The van der Waals surface area contributed by atoms with Gasteiger partial charge >= 0.3 is 0 Å². The molecule has 1 aliphatic carbocycles. The number of aromatic nitrogens is 2. The number of amides is 3. The van der Waals surface area contributed by atoms with Crippen molar-refractivity contribution in [3.63, 3.8) is 0 Å². The van der Waals surface area contributed by atoms with Crippen LogP contribution in [0.3, 0.4) is 0 Å². The van der Waals surface area contributed by atoms with Gasteiger partial charge in [-0.3, -0.25) is 19.4 Å². The number of anilines is 1. The van der Waals surface area contributed by atoms with Crippen molar-refractivity contribution in [1.29, 1.82) is 0 Å². The predicted octanol–water partition coefficient (Wildman–Crippen LogP) is 4.94.